The fraction of sp³-hybridized carbons (Fsp3) is 0.750. The number of ether oxygens (including phenoxy) is 1. The van der Waals surface area contributed by atoms with Crippen molar-refractivity contribution < 1.29 is 34.1 Å². The van der Waals surface area contributed by atoms with Crippen LogP contribution in [0.25, 0.3) is 0 Å². The highest BCUT2D eigenvalue weighted by Gasteiger charge is 2.71. The van der Waals surface area contributed by atoms with Gasteiger partial charge in [-0.25, -0.2) is 0 Å². The Balaban J connectivity index is 1.30. The number of aliphatic hydroxyl groups excluding tert-OH is 1. The average Bonchev–Trinajstić information content (AvgIpc) is 3.42. The predicted molar refractivity (Wildman–Crippen MR) is 218 cm³/mol. The summed E-state index contributed by atoms with van der Waals surface area (Å²) < 4.78 is 6.18. The summed E-state index contributed by atoms with van der Waals surface area (Å²) in [5.41, 5.74) is 0.970. The molecule has 1 aromatic carbocycles. The Morgan fingerprint density at radius 3 is 2.14 bits per heavy atom. The maximum absolute atomic E-state index is 14.3. The van der Waals surface area contributed by atoms with Gasteiger partial charge in [-0.05, 0) is 116 Å². The zero-order chi connectivity index (χ0) is 41.4. The first-order valence-corrected chi connectivity index (χ1v) is 21.7. The third kappa shape index (κ3) is 6.70. The fourth-order valence-electron chi connectivity index (χ4n) is 13.7. The van der Waals surface area contributed by atoms with E-state index in [1.54, 1.807) is 13.8 Å². The van der Waals surface area contributed by atoms with Crippen LogP contribution in [0.3, 0.4) is 0 Å². The second-order valence-corrected chi connectivity index (χ2v) is 21.4. The van der Waals surface area contributed by atoms with Crippen LogP contribution >= 0.6 is 0 Å². The van der Waals surface area contributed by atoms with E-state index in [-0.39, 0.29) is 70.2 Å². The van der Waals surface area contributed by atoms with Gasteiger partial charge in [0.2, 0.25) is 5.91 Å². The van der Waals surface area contributed by atoms with Crippen molar-refractivity contribution in [3.63, 3.8) is 0 Å². The van der Waals surface area contributed by atoms with Gasteiger partial charge in [0.1, 0.15) is 6.10 Å². The number of rotatable bonds is 11. The first kappa shape index (κ1) is 42.6. The topological polar surface area (TPSA) is 121 Å². The summed E-state index contributed by atoms with van der Waals surface area (Å²) in [6.45, 7) is 23.9. The number of aliphatic hydroxyl groups is 1. The van der Waals surface area contributed by atoms with Gasteiger partial charge in [0, 0.05) is 36.3 Å². The van der Waals surface area contributed by atoms with Gasteiger partial charge < -0.3 is 19.8 Å². The van der Waals surface area contributed by atoms with Gasteiger partial charge in [-0.1, -0.05) is 98.2 Å². The molecule has 0 radical (unpaired) electrons. The van der Waals surface area contributed by atoms with Crippen LogP contribution in [-0.4, -0.2) is 57.5 Å². The summed E-state index contributed by atoms with van der Waals surface area (Å²) in [5, 5.41) is 22.2. The molecule has 0 heterocycles. The summed E-state index contributed by atoms with van der Waals surface area (Å²) >= 11 is 0. The molecular formula is C48H71NO7. The van der Waals surface area contributed by atoms with E-state index < -0.39 is 28.9 Å². The van der Waals surface area contributed by atoms with Gasteiger partial charge in [0.25, 0.3) is 0 Å². The zero-order valence-electron chi connectivity index (χ0n) is 36.3. The summed E-state index contributed by atoms with van der Waals surface area (Å²) in [7, 11) is 0. The van der Waals surface area contributed by atoms with Gasteiger partial charge in [0.05, 0.1) is 17.9 Å². The van der Waals surface area contributed by atoms with Crippen LogP contribution in [0.4, 0.5) is 0 Å². The lowest BCUT2D eigenvalue weighted by Crippen LogP contribution is -2.66. The third-order valence-corrected chi connectivity index (χ3v) is 16.9. The molecule has 9 atom stereocenters. The number of carbonyl (C=O) groups excluding carboxylic acids is 3. The standard InChI is InChI=1S/C48H71NO7/c1-29(2)39-33(50)25-48(36(51)28-49(41(53)30(3)4)27-31-15-13-12-14-16-31)24-23-46(10)32(40(39)48)17-18-35-45(9)21-20-37(56-38(52)26-43(5,6)42(54)55)44(7,8)34(45)19-22-47(35,46)11/h12-16,29-30,32,34-37,51H,17-28H2,1-11H3,(H,54,55)/t32-,34?,35-,36+,37+,45+,46-,47-,48+/m1/s1. The zero-order valence-corrected chi connectivity index (χ0v) is 36.3. The first-order valence-electron chi connectivity index (χ1n) is 21.7. The number of nitrogens with zero attached hydrogens (tertiary/aromatic N) is 1. The van der Waals surface area contributed by atoms with E-state index in [4.69, 9.17) is 4.74 Å². The molecule has 6 rings (SSSR count). The Morgan fingerprint density at radius 1 is 0.875 bits per heavy atom. The maximum Gasteiger partial charge on any atom is 0.309 e. The normalized spacial score (nSPS) is 35.6. The number of carboxylic acids is 1. The Bertz CT molecular complexity index is 1740. The number of esters is 1. The summed E-state index contributed by atoms with van der Waals surface area (Å²) in [6, 6.07) is 9.98. The minimum absolute atomic E-state index is 0.00291. The van der Waals surface area contributed by atoms with Gasteiger partial charge >= 0.3 is 11.9 Å². The minimum atomic E-state index is -1.18. The van der Waals surface area contributed by atoms with E-state index in [9.17, 15) is 29.4 Å². The third-order valence-electron chi connectivity index (χ3n) is 16.9. The molecule has 8 nitrogen and oxygen atoms in total. The van der Waals surface area contributed by atoms with Crippen molar-refractivity contribution in [3.05, 3.63) is 47.0 Å². The van der Waals surface area contributed by atoms with Crippen LogP contribution in [0, 0.1) is 62.1 Å². The number of hydrogen-bond donors (Lipinski definition) is 2. The molecule has 5 aliphatic carbocycles. The lowest BCUT2D eigenvalue weighted by molar-refractivity contribution is -0.235. The predicted octanol–water partition coefficient (Wildman–Crippen LogP) is 9.43. The van der Waals surface area contributed by atoms with Gasteiger partial charge in [-0.2, -0.15) is 0 Å². The number of ketones is 1. The molecule has 0 saturated heterocycles. The number of allylic oxidation sites excluding steroid dienone is 1. The van der Waals surface area contributed by atoms with Gasteiger partial charge in [-0.3, -0.25) is 19.2 Å². The summed E-state index contributed by atoms with van der Waals surface area (Å²) in [5.74, 6) is -0.466. The lowest BCUT2D eigenvalue weighted by atomic mass is 9.33. The quantitative estimate of drug-likeness (QED) is 0.215. The van der Waals surface area contributed by atoms with Crippen LogP contribution in [0.1, 0.15) is 146 Å². The maximum atomic E-state index is 14.3. The highest BCUT2D eigenvalue weighted by Crippen LogP contribution is 2.77. The molecule has 0 aliphatic heterocycles. The smallest absolute Gasteiger partial charge is 0.309 e. The molecule has 4 fully saturated rings. The molecule has 0 bridgehead atoms. The minimum Gasteiger partial charge on any atom is -0.481 e. The molecule has 1 amide bonds. The number of hydrogen-bond acceptors (Lipinski definition) is 6. The van der Waals surface area contributed by atoms with Crippen molar-refractivity contribution in [1.29, 1.82) is 0 Å². The highest BCUT2D eigenvalue weighted by molar-refractivity contribution is 6.00. The van der Waals surface area contributed by atoms with Crippen molar-refractivity contribution in [2.75, 3.05) is 6.54 Å². The second-order valence-electron chi connectivity index (χ2n) is 21.4. The molecule has 5 aliphatic rings. The monoisotopic (exact) mass is 774 g/mol. The van der Waals surface area contributed by atoms with Crippen molar-refractivity contribution >= 4 is 23.6 Å². The molecule has 4 saturated carbocycles. The molecule has 0 spiro atoms. The molecule has 1 unspecified atom stereocenters. The highest BCUT2D eigenvalue weighted by atomic mass is 16.5. The van der Waals surface area contributed by atoms with Crippen molar-refractivity contribution in [3.8, 4) is 0 Å². The Labute approximate surface area is 336 Å². The Kier molecular flexibility index (Phi) is 11.2. The van der Waals surface area contributed by atoms with E-state index in [1.807, 2.05) is 49.1 Å². The molecule has 2 N–H and O–H groups in total. The number of Topliss-reactive ketones (excluding diaryl/α,β-unsaturated/α-hetero) is 1. The van der Waals surface area contributed by atoms with Crippen molar-refractivity contribution in [2.24, 2.45) is 62.1 Å². The molecule has 1 aromatic rings. The van der Waals surface area contributed by atoms with Crippen LogP contribution in [0.15, 0.2) is 41.5 Å². The second kappa shape index (κ2) is 14.7. The molecular weight excluding hydrogens is 703 g/mol. The van der Waals surface area contributed by atoms with Crippen molar-refractivity contribution in [1.82, 2.24) is 4.90 Å². The lowest BCUT2D eigenvalue weighted by Gasteiger charge is -2.72. The van der Waals surface area contributed by atoms with Crippen LogP contribution in [0.5, 0.6) is 0 Å². The number of amides is 1. The molecule has 8 heteroatoms. The largest absolute Gasteiger partial charge is 0.481 e. The van der Waals surface area contributed by atoms with Crippen LogP contribution < -0.4 is 0 Å². The summed E-state index contributed by atoms with van der Waals surface area (Å²) in [6.07, 6.45) is 6.47. The van der Waals surface area contributed by atoms with Crippen molar-refractivity contribution in [2.45, 2.75) is 159 Å². The fourth-order valence-corrected chi connectivity index (χ4v) is 13.7. The summed E-state index contributed by atoms with van der Waals surface area (Å²) in [4.78, 5) is 54.7. The van der Waals surface area contributed by atoms with Crippen LogP contribution in [-0.2, 0) is 30.5 Å². The average molecular weight is 774 g/mol. The number of fused-ring (bicyclic) bond motifs is 7. The molecule has 56 heavy (non-hydrogen) atoms. The first-order chi connectivity index (χ1) is 26.0. The van der Waals surface area contributed by atoms with Gasteiger partial charge in [0.15, 0.2) is 5.78 Å². The molecule has 310 valence electrons. The van der Waals surface area contributed by atoms with E-state index in [2.05, 4.69) is 48.5 Å². The van der Waals surface area contributed by atoms with E-state index in [0.717, 1.165) is 62.5 Å². The number of aliphatic carboxylic acids is 1. The van der Waals surface area contributed by atoms with E-state index >= 15 is 0 Å². The number of benzene rings is 1. The number of carbonyl (C=O) groups is 4. The molecule has 0 aromatic heterocycles. The van der Waals surface area contributed by atoms with Crippen LogP contribution in [0.2, 0.25) is 0 Å². The van der Waals surface area contributed by atoms with Gasteiger partial charge in [-0.15, -0.1) is 0 Å². The van der Waals surface area contributed by atoms with E-state index in [1.165, 1.54) is 5.57 Å². The SMILES string of the molecule is CC(C)C(=O)N(Cc1ccccc1)C[C@H](O)[C@@]12CC[C@]3(C)[C@H](CC[C@@H]4[C@@]5(C)CC[C@H](OC(=O)CC(C)(C)C(=O)O)C(C)(C)C5CC[C@]43C)C1=C(C(C)C)C(=O)C2. The Hall–Kier alpha value is -3.00. The number of carboxylic acid groups (broad SMARTS) is 1. The van der Waals surface area contributed by atoms with E-state index in [0.29, 0.717) is 24.8 Å². The Morgan fingerprint density at radius 2 is 1.54 bits per heavy atom.